The summed E-state index contributed by atoms with van der Waals surface area (Å²) in [5.41, 5.74) is 1.13. The van der Waals surface area contributed by atoms with Gasteiger partial charge in [0.25, 0.3) is 0 Å². The van der Waals surface area contributed by atoms with E-state index in [0.717, 1.165) is 62.8 Å². The molecule has 146 valence electrons. The average Bonchev–Trinajstić information content (AvgIpc) is 3.05. The maximum atomic E-state index is 5.74. The van der Waals surface area contributed by atoms with Crippen LogP contribution in [0.3, 0.4) is 0 Å². The van der Waals surface area contributed by atoms with Gasteiger partial charge in [0.15, 0.2) is 0 Å². The van der Waals surface area contributed by atoms with E-state index in [1.165, 1.54) is 0 Å². The minimum absolute atomic E-state index is 0.298. The van der Waals surface area contributed by atoms with Crippen LogP contribution >= 0.6 is 0 Å². The molecule has 2 fully saturated rings. The maximum absolute atomic E-state index is 5.74. The molecule has 1 N–H and O–H groups in total. The number of likely N-dealkylation sites (tertiary alicyclic amines) is 1. The predicted molar refractivity (Wildman–Crippen MR) is 106 cm³/mol. The van der Waals surface area contributed by atoms with Crippen molar-refractivity contribution in [2.24, 2.45) is 0 Å². The smallest absolute Gasteiger partial charge is 0.132 e. The maximum Gasteiger partial charge on any atom is 0.132 e. The van der Waals surface area contributed by atoms with E-state index in [0.29, 0.717) is 24.2 Å². The molecular formula is C20H35N5O. The largest absolute Gasteiger partial charge is 0.378 e. The first-order valence-electron chi connectivity index (χ1n) is 10.1. The molecule has 3 heterocycles. The highest BCUT2D eigenvalue weighted by molar-refractivity contribution is 5.40. The highest BCUT2D eigenvalue weighted by Crippen LogP contribution is 2.22. The first-order valence-corrected chi connectivity index (χ1v) is 10.1. The van der Waals surface area contributed by atoms with Gasteiger partial charge in [-0.2, -0.15) is 0 Å². The third-order valence-corrected chi connectivity index (χ3v) is 5.84. The molecule has 2 unspecified atom stereocenters. The molecule has 0 aliphatic carbocycles. The molecule has 2 aliphatic heterocycles. The van der Waals surface area contributed by atoms with Crippen LogP contribution in [0, 0.1) is 6.92 Å². The van der Waals surface area contributed by atoms with Gasteiger partial charge in [-0.3, -0.25) is 4.90 Å². The quantitative estimate of drug-likeness (QED) is 0.837. The summed E-state index contributed by atoms with van der Waals surface area (Å²) in [7, 11) is 1.84. The molecule has 6 nitrogen and oxygen atoms in total. The molecule has 0 amide bonds. The van der Waals surface area contributed by atoms with Crippen molar-refractivity contribution < 1.29 is 4.74 Å². The van der Waals surface area contributed by atoms with Crippen LogP contribution in [0.1, 0.15) is 45.1 Å². The molecule has 0 aromatic carbocycles. The molecule has 2 atom stereocenters. The topological polar surface area (TPSA) is 53.5 Å². The Labute approximate surface area is 158 Å². The first-order chi connectivity index (χ1) is 12.5. The summed E-state index contributed by atoms with van der Waals surface area (Å²) in [6, 6.07) is 3.73. The minimum atomic E-state index is 0.298. The average molecular weight is 362 g/mol. The molecule has 0 radical (unpaired) electrons. The molecule has 1 aromatic rings. The van der Waals surface area contributed by atoms with Gasteiger partial charge >= 0.3 is 0 Å². The summed E-state index contributed by atoms with van der Waals surface area (Å²) in [5, 5.41) is 3.88. The first kappa shape index (κ1) is 19.5. The summed E-state index contributed by atoms with van der Waals surface area (Å²) in [5.74, 6) is 1.97. The Morgan fingerprint density at radius 2 is 1.96 bits per heavy atom. The molecule has 0 saturated carbocycles. The molecule has 0 spiro atoms. The summed E-state index contributed by atoms with van der Waals surface area (Å²) in [6.07, 6.45) is 3.56. The lowest BCUT2D eigenvalue weighted by atomic mass is 10.0. The van der Waals surface area contributed by atoms with Crippen LogP contribution in [0.25, 0.3) is 0 Å². The molecule has 26 heavy (non-hydrogen) atoms. The van der Waals surface area contributed by atoms with Gasteiger partial charge in [-0.15, -0.1) is 0 Å². The molecule has 3 rings (SSSR count). The fourth-order valence-electron chi connectivity index (χ4n) is 4.16. The number of hydrogen-bond acceptors (Lipinski definition) is 6. The Morgan fingerprint density at radius 3 is 2.58 bits per heavy atom. The van der Waals surface area contributed by atoms with Crippen LogP contribution in [-0.4, -0.2) is 72.4 Å². The van der Waals surface area contributed by atoms with Crippen molar-refractivity contribution in [2.75, 3.05) is 38.2 Å². The molecule has 2 aliphatic rings. The zero-order chi connectivity index (χ0) is 18.7. The van der Waals surface area contributed by atoms with E-state index in [2.05, 4.69) is 51.9 Å². The van der Waals surface area contributed by atoms with Crippen molar-refractivity contribution >= 4 is 5.82 Å². The van der Waals surface area contributed by atoms with Crippen LogP contribution in [0.5, 0.6) is 0 Å². The number of methoxy groups -OCH3 is 1. The van der Waals surface area contributed by atoms with E-state index in [1.54, 1.807) is 0 Å². The molecule has 0 bridgehead atoms. The van der Waals surface area contributed by atoms with Gasteiger partial charge < -0.3 is 15.0 Å². The van der Waals surface area contributed by atoms with Gasteiger partial charge in [-0.1, -0.05) is 6.92 Å². The van der Waals surface area contributed by atoms with Crippen molar-refractivity contribution in [3.8, 4) is 0 Å². The second kappa shape index (κ2) is 8.63. The third kappa shape index (κ3) is 4.53. The van der Waals surface area contributed by atoms with E-state index in [1.807, 2.05) is 14.0 Å². The lowest BCUT2D eigenvalue weighted by molar-refractivity contribution is 0.0834. The molecule has 2 saturated heterocycles. The summed E-state index contributed by atoms with van der Waals surface area (Å²) >= 11 is 0. The molecular weight excluding hydrogens is 326 g/mol. The minimum Gasteiger partial charge on any atom is -0.378 e. The monoisotopic (exact) mass is 361 g/mol. The number of ether oxygens (including phenoxy) is 1. The number of aromatic nitrogens is 2. The van der Waals surface area contributed by atoms with E-state index >= 15 is 0 Å². The van der Waals surface area contributed by atoms with Gasteiger partial charge in [0.05, 0.1) is 6.10 Å². The van der Waals surface area contributed by atoms with Gasteiger partial charge in [0, 0.05) is 63.2 Å². The van der Waals surface area contributed by atoms with Gasteiger partial charge in [0.2, 0.25) is 0 Å². The normalized spacial score (nSPS) is 25.4. The van der Waals surface area contributed by atoms with Crippen molar-refractivity contribution in [3.05, 3.63) is 17.6 Å². The van der Waals surface area contributed by atoms with Crippen LogP contribution in [0.4, 0.5) is 5.82 Å². The van der Waals surface area contributed by atoms with Crippen LogP contribution in [0.15, 0.2) is 6.07 Å². The Kier molecular flexibility index (Phi) is 6.48. The second-order valence-electron chi connectivity index (χ2n) is 7.97. The Bertz CT molecular complexity index is 586. The van der Waals surface area contributed by atoms with Crippen molar-refractivity contribution in [1.29, 1.82) is 0 Å². The van der Waals surface area contributed by atoms with E-state index in [-0.39, 0.29) is 0 Å². The highest BCUT2D eigenvalue weighted by atomic mass is 16.5. The van der Waals surface area contributed by atoms with Crippen molar-refractivity contribution in [2.45, 2.75) is 71.2 Å². The van der Waals surface area contributed by atoms with Gasteiger partial charge in [-0.25, -0.2) is 9.97 Å². The van der Waals surface area contributed by atoms with Crippen molar-refractivity contribution in [1.82, 2.24) is 20.2 Å². The standard InChI is InChI=1S/C20H35N5O/c1-6-16-11-20(22-15(4)21-16)24-9-7-17(8-10-24)23-18-12-25(14(2)3)13-19(18)26-5/h11,14,17-19,23H,6-10,12-13H2,1-5H3. The van der Waals surface area contributed by atoms with E-state index < -0.39 is 0 Å². The summed E-state index contributed by atoms with van der Waals surface area (Å²) < 4.78 is 5.74. The SMILES string of the molecule is CCc1cc(N2CCC(NC3CN(C(C)C)CC3OC)CC2)nc(C)n1. The fraction of sp³-hybridized carbons (Fsp3) is 0.800. The highest BCUT2D eigenvalue weighted by Gasteiger charge is 2.35. The number of nitrogens with zero attached hydrogens (tertiary/aromatic N) is 4. The number of nitrogens with one attached hydrogen (secondary N) is 1. The Morgan fingerprint density at radius 1 is 1.23 bits per heavy atom. The van der Waals surface area contributed by atoms with Crippen LogP contribution < -0.4 is 10.2 Å². The number of aryl methyl sites for hydroxylation is 2. The van der Waals surface area contributed by atoms with Crippen LogP contribution in [-0.2, 0) is 11.2 Å². The summed E-state index contributed by atoms with van der Waals surface area (Å²) in [4.78, 5) is 14.1. The fourth-order valence-corrected chi connectivity index (χ4v) is 4.16. The van der Waals surface area contributed by atoms with E-state index in [4.69, 9.17) is 4.74 Å². The number of rotatable bonds is 6. The molecule has 1 aromatic heterocycles. The van der Waals surface area contributed by atoms with Crippen LogP contribution in [0.2, 0.25) is 0 Å². The lowest BCUT2D eigenvalue weighted by Gasteiger charge is -2.35. The number of hydrogen-bond donors (Lipinski definition) is 1. The lowest BCUT2D eigenvalue weighted by Crippen LogP contribution is -2.50. The zero-order valence-electron chi connectivity index (χ0n) is 17.0. The predicted octanol–water partition coefficient (Wildman–Crippen LogP) is 2.01. The number of piperidine rings is 1. The Balaban J connectivity index is 1.55. The Hall–Kier alpha value is -1.24. The molecule has 6 heteroatoms. The zero-order valence-corrected chi connectivity index (χ0v) is 17.0. The van der Waals surface area contributed by atoms with Gasteiger partial charge in [-0.05, 0) is 40.0 Å². The summed E-state index contributed by atoms with van der Waals surface area (Å²) in [6.45, 7) is 12.9. The van der Waals surface area contributed by atoms with E-state index in [9.17, 15) is 0 Å². The number of anilines is 1. The van der Waals surface area contributed by atoms with Gasteiger partial charge in [0.1, 0.15) is 11.6 Å². The second-order valence-corrected chi connectivity index (χ2v) is 7.97. The van der Waals surface area contributed by atoms with Crippen molar-refractivity contribution in [3.63, 3.8) is 0 Å². The third-order valence-electron chi connectivity index (χ3n) is 5.84.